The molecule has 0 aromatic heterocycles. The van der Waals surface area contributed by atoms with Crippen molar-refractivity contribution in [3.8, 4) is 0 Å². The first kappa shape index (κ1) is 25.2. The predicted molar refractivity (Wildman–Crippen MR) is 123 cm³/mol. The summed E-state index contributed by atoms with van der Waals surface area (Å²) in [5.41, 5.74) is 1.09. The smallest absolute Gasteiger partial charge is 0.326 e. The van der Waals surface area contributed by atoms with Crippen LogP contribution in [0.25, 0.3) is 0 Å². The van der Waals surface area contributed by atoms with Gasteiger partial charge in [0.25, 0.3) is 0 Å². The van der Waals surface area contributed by atoms with E-state index in [1.165, 1.54) is 4.90 Å². The van der Waals surface area contributed by atoms with Gasteiger partial charge in [-0.05, 0) is 57.9 Å². The summed E-state index contributed by atoms with van der Waals surface area (Å²) in [7, 11) is 0. The van der Waals surface area contributed by atoms with Crippen molar-refractivity contribution in [1.29, 1.82) is 0 Å². The van der Waals surface area contributed by atoms with Gasteiger partial charge in [0.05, 0.1) is 18.8 Å². The van der Waals surface area contributed by atoms with Crippen molar-refractivity contribution in [3.63, 3.8) is 0 Å². The molecule has 1 amide bonds. The number of benzene rings is 1. The summed E-state index contributed by atoms with van der Waals surface area (Å²) >= 11 is 0. The molecule has 1 aromatic carbocycles. The molecule has 3 rings (SSSR count). The van der Waals surface area contributed by atoms with Crippen LogP contribution in [0.5, 0.6) is 0 Å². The molecule has 33 heavy (non-hydrogen) atoms. The summed E-state index contributed by atoms with van der Waals surface area (Å²) in [6, 6.07) is 7.56. The van der Waals surface area contributed by atoms with Crippen molar-refractivity contribution in [3.05, 3.63) is 35.9 Å². The normalized spacial score (nSPS) is 24.8. The number of amides is 1. The number of hydrogen-bond donors (Lipinski definition) is 2. The molecule has 0 spiro atoms. The van der Waals surface area contributed by atoms with E-state index in [0.29, 0.717) is 32.4 Å². The average molecular weight is 461 g/mol. The summed E-state index contributed by atoms with van der Waals surface area (Å²) < 4.78 is 11.1. The molecule has 2 aliphatic heterocycles. The van der Waals surface area contributed by atoms with Crippen LogP contribution in [0.2, 0.25) is 0 Å². The molecule has 0 aliphatic carbocycles. The SMILES string of the molecule is CCOC(=O)C(CCc1ccccc1)N[C@@H](C)C(=O)N1C[C@H]([C@@H]2CCCCO2)C[C@H]1C(=O)O. The number of nitrogens with one attached hydrogen (secondary N) is 1. The Morgan fingerprint density at radius 3 is 2.64 bits per heavy atom. The average Bonchev–Trinajstić information content (AvgIpc) is 3.28. The number of nitrogens with zero attached hydrogens (tertiary/aromatic N) is 1. The molecule has 2 heterocycles. The lowest BCUT2D eigenvalue weighted by molar-refractivity contribution is -0.150. The summed E-state index contributed by atoms with van der Waals surface area (Å²) in [5, 5.41) is 12.9. The number of esters is 1. The Hall–Kier alpha value is -2.45. The van der Waals surface area contributed by atoms with Gasteiger partial charge in [-0.3, -0.25) is 14.9 Å². The maximum Gasteiger partial charge on any atom is 0.326 e. The van der Waals surface area contributed by atoms with Crippen LogP contribution in [-0.4, -0.2) is 71.8 Å². The zero-order valence-corrected chi connectivity index (χ0v) is 19.6. The fourth-order valence-corrected chi connectivity index (χ4v) is 4.84. The van der Waals surface area contributed by atoms with E-state index >= 15 is 0 Å². The van der Waals surface area contributed by atoms with Gasteiger partial charge >= 0.3 is 11.9 Å². The number of rotatable bonds is 10. The number of carboxylic acid groups (broad SMARTS) is 1. The van der Waals surface area contributed by atoms with Gasteiger partial charge in [-0.2, -0.15) is 0 Å². The molecule has 0 bridgehead atoms. The van der Waals surface area contributed by atoms with Crippen LogP contribution in [0.4, 0.5) is 0 Å². The molecular formula is C25H36N2O6. The van der Waals surface area contributed by atoms with Crippen LogP contribution in [-0.2, 0) is 30.3 Å². The summed E-state index contributed by atoms with van der Waals surface area (Å²) in [6.07, 6.45) is 4.51. The third-order valence-electron chi connectivity index (χ3n) is 6.60. The maximum atomic E-state index is 13.3. The Morgan fingerprint density at radius 2 is 2.00 bits per heavy atom. The van der Waals surface area contributed by atoms with Gasteiger partial charge in [0, 0.05) is 19.1 Å². The third kappa shape index (κ3) is 6.77. The molecule has 2 aliphatic rings. The van der Waals surface area contributed by atoms with Crippen molar-refractivity contribution in [2.24, 2.45) is 5.92 Å². The van der Waals surface area contributed by atoms with E-state index < -0.39 is 30.1 Å². The Balaban J connectivity index is 1.65. The van der Waals surface area contributed by atoms with Gasteiger partial charge < -0.3 is 19.5 Å². The minimum absolute atomic E-state index is 0.000168. The molecule has 1 unspecified atom stereocenters. The number of hydrogen-bond acceptors (Lipinski definition) is 6. The first-order valence-corrected chi connectivity index (χ1v) is 12.0. The monoisotopic (exact) mass is 460 g/mol. The van der Waals surface area contributed by atoms with Gasteiger partial charge in [-0.25, -0.2) is 4.79 Å². The van der Waals surface area contributed by atoms with E-state index in [-0.39, 0.29) is 24.5 Å². The quantitative estimate of drug-likeness (QED) is 0.517. The van der Waals surface area contributed by atoms with Crippen LogP contribution in [0.3, 0.4) is 0 Å². The second kappa shape index (κ2) is 12.1. The van der Waals surface area contributed by atoms with Crippen LogP contribution in [0.1, 0.15) is 51.5 Å². The molecule has 2 fully saturated rings. The third-order valence-corrected chi connectivity index (χ3v) is 6.60. The van der Waals surface area contributed by atoms with E-state index in [2.05, 4.69) is 5.32 Å². The number of carbonyl (C=O) groups excluding carboxylic acids is 2. The second-order valence-corrected chi connectivity index (χ2v) is 8.96. The molecular weight excluding hydrogens is 424 g/mol. The van der Waals surface area contributed by atoms with Crippen molar-refractivity contribution in [2.75, 3.05) is 19.8 Å². The standard InChI is InChI=1S/C25H36N2O6/c1-3-32-25(31)20(13-12-18-9-5-4-6-10-18)26-17(2)23(28)27-16-19(15-21(27)24(29)30)22-11-7-8-14-33-22/h4-6,9-10,17,19-22,26H,3,7-8,11-16H2,1-2H3,(H,29,30)/t17-,19+,20?,21-,22-/m0/s1. The molecule has 2 saturated heterocycles. The van der Waals surface area contributed by atoms with Gasteiger partial charge in [0.15, 0.2) is 0 Å². The lowest BCUT2D eigenvalue weighted by atomic mass is 9.93. The molecule has 8 heteroatoms. The number of aliphatic carboxylic acids is 1. The first-order valence-electron chi connectivity index (χ1n) is 12.0. The Labute approximate surface area is 195 Å². The summed E-state index contributed by atoms with van der Waals surface area (Å²) in [5.74, 6) is -1.70. The first-order chi connectivity index (χ1) is 15.9. The fourth-order valence-electron chi connectivity index (χ4n) is 4.84. The summed E-state index contributed by atoms with van der Waals surface area (Å²) in [6.45, 7) is 4.73. The lowest BCUT2D eigenvalue weighted by Crippen LogP contribution is -2.53. The molecule has 5 atom stereocenters. The lowest BCUT2D eigenvalue weighted by Gasteiger charge is -2.29. The highest BCUT2D eigenvalue weighted by Crippen LogP contribution is 2.32. The van der Waals surface area contributed by atoms with Crippen LogP contribution < -0.4 is 5.32 Å². The predicted octanol–water partition coefficient (Wildman–Crippen LogP) is 2.40. The number of ether oxygens (including phenoxy) is 2. The minimum atomic E-state index is -1.00. The van der Waals surface area contributed by atoms with Crippen molar-refractivity contribution in [2.45, 2.75) is 76.6 Å². The van der Waals surface area contributed by atoms with Gasteiger partial charge in [-0.15, -0.1) is 0 Å². The molecule has 8 nitrogen and oxygen atoms in total. The van der Waals surface area contributed by atoms with Crippen molar-refractivity contribution < 1.29 is 29.0 Å². The zero-order valence-electron chi connectivity index (χ0n) is 19.6. The van der Waals surface area contributed by atoms with E-state index in [0.717, 1.165) is 24.8 Å². The van der Waals surface area contributed by atoms with Gasteiger partial charge in [0.1, 0.15) is 12.1 Å². The number of likely N-dealkylation sites (tertiary alicyclic amines) is 1. The Morgan fingerprint density at radius 1 is 1.24 bits per heavy atom. The second-order valence-electron chi connectivity index (χ2n) is 8.96. The van der Waals surface area contributed by atoms with Gasteiger partial charge in [-0.1, -0.05) is 30.3 Å². The Kier molecular flexibility index (Phi) is 9.26. The topological polar surface area (TPSA) is 105 Å². The number of carboxylic acids is 1. The van der Waals surface area contributed by atoms with E-state index in [1.807, 2.05) is 30.3 Å². The maximum absolute atomic E-state index is 13.3. The number of carbonyl (C=O) groups is 3. The Bertz CT molecular complexity index is 795. The summed E-state index contributed by atoms with van der Waals surface area (Å²) in [4.78, 5) is 39.2. The van der Waals surface area contributed by atoms with E-state index in [9.17, 15) is 19.5 Å². The van der Waals surface area contributed by atoms with Gasteiger partial charge in [0.2, 0.25) is 5.91 Å². The zero-order chi connectivity index (χ0) is 23.8. The van der Waals surface area contributed by atoms with Crippen LogP contribution in [0.15, 0.2) is 30.3 Å². The molecule has 0 saturated carbocycles. The van der Waals surface area contributed by atoms with Crippen molar-refractivity contribution in [1.82, 2.24) is 10.2 Å². The minimum Gasteiger partial charge on any atom is -0.480 e. The largest absolute Gasteiger partial charge is 0.480 e. The highest BCUT2D eigenvalue weighted by molar-refractivity contribution is 5.88. The molecule has 1 aromatic rings. The number of aryl methyl sites for hydroxylation is 1. The molecule has 0 radical (unpaired) electrons. The molecule has 182 valence electrons. The molecule has 2 N–H and O–H groups in total. The van der Waals surface area contributed by atoms with E-state index in [1.54, 1.807) is 13.8 Å². The highest BCUT2D eigenvalue weighted by atomic mass is 16.5. The van der Waals surface area contributed by atoms with Crippen molar-refractivity contribution >= 4 is 17.8 Å². The van der Waals surface area contributed by atoms with Crippen LogP contribution >= 0.6 is 0 Å². The fraction of sp³-hybridized carbons (Fsp3) is 0.640. The van der Waals surface area contributed by atoms with E-state index in [4.69, 9.17) is 9.47 Å². The van der Waals surface area contributed by atoms with Crippen LogP contribution in [0, 0.1) is 5.92 Å². The highest BCUT2D eigenvalue weighted by Gasteiger charge is 2.44.